The summed E-state index contributed by atoms with van der Waals surface area (Å²) in [6.45, 7) is 0. The maximum absolute atomic E-state index is 6.39. The van der Waals surface area contributed by atoms with E-state index in [4.69, 9.17) is 23.8 Å². The highest BCUT2D eigenvalue weighted by Gasteiger charge is 2.18. The zero-order valence-electron chi connectivity index (χ0n) is 23.7. The van der Waals surface area contributed by atoms with Gasteiger partial charge in [0.15, 0.2) is 17.5 Å². The molecule has 9 rings (SSSR count). The van der Waals surface area contributed by atoms with Gasteiger partial charge >= 0.3 is 0 Å². The molecule has 45 heavy (non-hydrogen) atoms. The molecule has 0 aliphatic carbocycles. The maximum atomic E-state index is 6.39. The van der Waals surface area contributed by atoms with Crippen molar-refractivity contribution in [2.45, 2.75) is 0 Å². The van der Waals surface area contributed by atoms with E-state index < -0.39 is 0 Å². The van der Waals surface area contributed by atoms with Crippen molar-refractivity contribution in [2.75, 3.05) is 0 Å². The number of para-hydroxylation sites is 3. The van der Waals surface area contributed by atoms with Crippen LogP contribution in [-0.4, -0.2) is 15.0 Å². The van der Waals surface area contributed by atoms with E-state index in [9.17, 15) is 0 Å². The molecule has 0 radical (unpaired) electrons. The molecular weight excluding hydrogens is 622 g/mol. The van der Waals surface area contributed by atoms with Gasteiger partial charge in [-0.2, -0.15) is 0 Å². The number of hydrogen-bond donors (Lipinski definition) is 0. The minimum Gasteiger partial charge on any atom is -0.456 e. The van der Waals surface area contributed by atoms with Crippen molar-refractivity contribution in [1.29, 1.82) is 0 Å². The standard InChI is InChI=1S/C39H22BrN3O2/c40-27-18-15-23(16-19-27)24-7-5-8-25(21-24)37-41-38(26-17-20-35-32(22-26)29-10-2-3-13-33(29)44-35)43-39(42-37)31-12-6-11-30-28-9-1-4-14-34(28)45-36(30)31/h1-22H. The Morgan fingerprint density at radius 1 is 0.400 bits per heavy atom. The third-order valence-electron chi connectivity index (χ3n) is 8.21. The number of hydrogen-bond acceptors (Lipinski definition) is 5. The first-order valence-corrected chi connectivity index (χ1v) is 15.4. The van der Waals surface area contributed by atoms with Crippen molar-refractivity contribution in [3.05, 3.63) is 138 Å². The van der Waals surface area contributed by atoms with Gasteiger partial charge in [0.05, 0.1) is 5.56 Å². The molecule has 0 aliphatic rings. The molecular formula is C39H22BrN3O2. The van der Waals surface area contributed by atoms with Crippen LogP contribution in [0.1, 0.15) is 0 Å². The second-order valence-corrected chi connectivity index (χ2v) is 11.9. The lowest BCUT2D eigenvalue weighted by Gasteiger charge is -2.10. The second-order valence-electron chi connectivity index (χ2n) is 11.0. The fourth-order valence-electron chi connectivity index (χ4n) is 6.02. The number of furan rings is 2. The Morgan fingerprint density at radius 2 is 0.978 bits per heavy atom. The Hall–Kier alpha value is -5.59. The minimum absolute atomic E-state index is 0.547. The van der Waals surface area contributed by atoms with Gasteiger partial charge in [-0.05, 0) is 65.7 Å². The molecule has 6 heteroatoms. The van der Waals surface area contributed by atoms with Gasteiger partial charge in [0.2, 0.25) is 0 Å². The molecule has 9 aromatic rings. The monoisotopic (exact) mass is 643 g/mol. The average Bonchev–Trinajstić information content (AvgIpc) is 3.66. The van der Waals surface area contributed by atoms with Gasteiger partial charge < -0.3 is 8.83 Å². The highest BCUT2D eigenvalue weighted by Crippen LogP contribution is 2.37. The van der Waals surface area contributed by atoms with Gasteiger partial charge in [-0.15, -0.1) is 0 Å². The molecule has 0 unspecified atom stereocenters. The average molecular weight is 645 g/mol. The Bertz CT molecular complexity index is 2570. The zero-order chi connectivity index (χ0) is 29.9. The van der Waals surface area contributed by atoms with Crippen LogP contribution in [0.5, 0.6) is 0 Å². The Balaban J connectivity index is 1.27. The lowest BCUT2D eigenvalue weighted by molar-refractivity contribution is 0.669. The molecule has 3 aromatic heterocycles. The molecule has 0 saturated heterocycles. The summed E-state index contributed by atoms with van der Waals surface area (Å²) in [6.07, 6.45) is 0. The SMILES string of the molecule is Brc1ccc(-c2cccc(-c3nc(-c4ccc5oc6ccccc6c5c4)nc(-c4cccc5c4oc4ccccc45)n3)c2)cc1. The van der Waals surface area contributed by atoms with Gasteiger partial charge in [0.25, 0.3) is 0 Å². The van der Waals surface area contributed by atoms with Crippen LogP contribution in [0.2, 0.25) is 0 Å². The lowest BCUT2D eigenvalue weighted by Crippen LogP contribution is -2.00. The fraction of sp³-hybridized carbons (Fsp3) is 0. The van der Waals surface area contributed by atoms with Crippen molar-refractivity contribution in [1.82, 2.24) is 15.0 Å². The molecule has 0 fully saturated rings. The molecule has 0 saturated carbocycles. The summed E-state index contributed by atoms with van der Waals surface area (Å²) < 4.78 is 13.5. The normalized spacial score (nSPS) is 11.7. The van der Waals surface area contributed by atoms with Gasteiger partial charge in [0.1, 0.15) is 22.3 Å². The highest BCUT2D eigenvalue weighted by atomic mass is 79.9. The Labute approximate surface area is 266 Å². The predicted molar refractivity (Wildman–Crippen MR) is 184 cm³/mol. The Kier molecular flexibility index (Phi) is 5.89. The van der Waals surface area contributed by atoms with Gasteiger partial charge in [-0.1, -0.05) is 94.8 Å². The number of halogens is 1. The number of aromatic nitrogens is 3. The first-order valence-electron chi connectivity index (χ1n) is 14.6. The van der Waals surface area contributed by atoms with E-state index in [-0.39, 0.29) is 0 Å². The molecule has 0 spiro atoms. The summed E-state index contributed by atoms with van der Waals surface area (Å²) in [5, 5.41) is 4.15. The van der Waals surface area contributed by atoms with Gasteiger partial charge in [-0.25, -0.2) is 15.0 Å². The quantitative estimate of drug-likeness (QED) is 0.191. The first-order chi connectivity index (χ1) is 22.2. The van der Waals surface area contributed by atoms with E-state index in [1.54, 1.807) is 0 Å². The van der Waals surface area contributed by atoms with Crippen LogP contribution in [-0.2, 0) is 0 Å². The summed E-state index contributed by atoms with van der Waals surface area (Å²) in [5.41, 5.74) is 8.02. The summed E-state index contributed by atoms with van der Waals surface area (Å²) in [6, 6.07) is 45.0. The van der Waals surface area contributed by atoms with Crippen LogP contribution in [0.15, 0.2) is 147 Å². The predicted octanol–water partition coefficient (Wildman–Crippen LogP) is 11.1. The van der Waals surface area contributed by atoms with Crippen LogP contribution in [0.3, 0.4) is 0 Å². The molecule has 0 amide bonds. The van der Waals surface area contributed by atoms with Crippen molar-refractivity contribution in [3.63, 3.8) is 0 Å². The Morgan fingerprint density at radius 3 is 1.78 bits per heavy atom. The van der Waals surface area contributed by atoms with E-state index in [2.05, 4.69) is 64.5 Å². The van der Waals surface area contributed by atoms with Crippen LogP contribution in [0, 0.1) is 0 Å². The van der Waals surface area contributed by atoms with E-state index >= 15 is 0 Å². The summed E-state index contributed by atoms with van der Waals surface area (Å²) in [4.78, 5) is 15.2. The van der Waals surface area contributed by atoms with Crippen LogP contribution >= 0.6 is 15.9 Å². The van der Waals surface area contributed by atoms with Crippen molar-refractivity contribution >= 4 is 59.8 Å². The number of nitrogens with zero attached hydrogens (tertiary/aromatic N) is 3. The molecule has 0 atom stereocenters. The van der Waals surface area contributed by atoms with Gasteiger partial charge in [0, 0.05) is 37.1 Å². The second kappa shape index (κ2) is 10.3. The summed E-state index contributed by atoms with van der Waals surface area (Å²) in [7, 11) is 0. The summed E-state index contributed by atoms with van der Waals surface area (Å²) >= 11 is 3.54. The molecule has 0 aliphatic heterocycles. The van der Waals surface area contributed by atoms with Crippen LogP contribution in [0.25, 0.3) is 89.2 Å². The smallest absolute Gasteiger partial charge is 0.167 e. The van der Waals surface area contributed by atoms with Crippen LogP contribution < -0.4 is 0 Å². The minimum atomic E-state index is 0.547. The molecule has 0 N–H and O–H groups in total. The zero-order valence-corrected chi connectivity index (χ0v) is 25.3. The fourth-order valence-corrected chi connectivity index (χ4v) is 6.29. The lowest BCUT2D eigenvalue weighted by atomic mass is 10.0. The molecule has 0 bridgehead atoms. The molecule has 3 heterocycles. The first kappa shape index (κ1) is 25.9. The van der Waals surface area contributed by atoms with Crippen molar-refractivity contribution in [3.8, 4) is 45.3 Å². The number of fused-ring (bicyclic) bond motifs is 6. The molecule has 5 nitrogen and oxygen atoms in total. The van der Waals surface area contributed by atoms with Crippen molar-refractivity contribution in [2.24, 2.45) is 0 Å². The number of rotatable bonds is 4. The number of benzene rings is 6. The van der Waals surface area contributed by atoms with Crippen molar-refractivity contribution < 1.29 is 8.83 Å². The van der Waals surface area contributed by atoms with E-state index in [1.165, 1.54) is 0 Å². The molecule has 212 valence electrons. The maximum Gasteiger partial charge on any atom is 0.167 e. The molecule has 6 aromatic carbocycles. The summed E-state index contributed by atoms with van der Waals surface area (Å²) in [5.74, 6) is 1.70. The van der Waals surface area contributed by atoms with Gasteiger partial charge in [-0.3, -0.25) is 0 Å². The third-order valence-corrected chi connectivity index (χ3v) is 8.74. The largest absolute Gasteiger partial charge is 0.456 e. The van der Waals surface area contributed by atoms with E-state index in [0.29, 0.717) is 17.5 Å². The highest BCUT2D eigenvalue weighted by molar-refractivity contribution is 9.10. The third kappa shape index (κ3) is 4.41. The van der Waals surface area contributed by atoms with Crippen LogP contribution in [0.4, 0.5) is 0 Å². The van der Waals surface area contributed by atoms with E-state index in [1.807, 2.05) is 84.9 Å². The van der Waals surface area contributed by atoms with E-state index in [0.717, 1.165) is 76.2 Å². The topological polar surface area (TPSA) is 65.0 Å².